The molecule has 1 aliphatic heterocycles. The van der Waals surface area contributed by atoms with Gasteiger partial charge in [-0.2, -0.15) is 0 Å². The molecular formula is C15H22FNO. The maximum atomic E-state index is 13.6. The van der Waals surface area contributed by atoms with Crippen LogP contribution in [0.15, 0.2) is 18.2 Å². The molecule has 1 aromatic rings. The van der Waals surface area contributed by atoms with Crippen LogP contribution < -0.4 is 5.73 Å². The minimum atomic E-state index is -0.185. The largest absolute Gasteiger partial charge is 0.375 e. The number of aryl methyl sites for hydroxylation is 1. The zero-order valence-corrected chi connectivity index (χ0v) is 11.5. The van der Waals surface area contributed by atoms with E-state index in [1.807, 2.05) is 6.07 Å². The Labute approximate surface area is 108 Å². The van der Waals surface area contributed by atoms with Crippen LogP contribution in [0.25, 0.3) is 0 Å². The van der Waals surface area contributed by atoms with E-state index in [0.29, 0.717) is 11.5 Å². The van der Waals surface area contributed by atoms with Gasteiger partial charge >= 0.3 is 0 Å². The van der Waals surface area contributed by atoms with Crippen molar-refractivity contribution in [3.8, 4) is 0 Å². The first-order valence-corrected chi connectivity index (χ1v) is 6.59. The highest BCUT2D eigenvalue weighted by Crippen LogP contribution is 2.39. The maximum absolute atomic E-state index is 13.6. The van der Waals surface area contributed by atoms with Gasteiger partial charge in [0.15, 0.2) is 0 Å². The Balaban J connectivity index is 2.25. The summed E-state index contributed by atoms with van der Waals surface area (Å²) in [5.74, 6) is 0.441. The summed E-state index contributed by atoms with van der Waals surface area (Å²) in [5.41, 5.74) is 7.83. The van der Waals surface area contributed by atoms with Crippen LogP contribution in [0.1, 0.15) is 37.9 Å². The number of benzene rings is 1. The second-order valence-corrected chi connectivity index (χ2v) is 5.52. The number of hydrogen-bond acceptors (Lipinski definition) is 2. The van der Waals surface area contributed by atoms with Crippen molar-refractivity contribution in [3.05, 3.63) is 35.1 Å². The van der Waals surface area contributed by atoms with Crippen molar-refractivity contribution < 1.29 is 9.13 Å². The van der Waals surface area contributed by atoms with Gasteiger partial charge in [-0.25, -0.2) is 4.39 Å². The molecule has 0 bridgehead atoms. The topological polar surface area (TPSA) is 35.2 Å². The average molecular weight is 251 g/mol. The summed E-state index contributed by atoms with van der Waals surface area (Å²) in [7, 11) is 0. The lowest BCUT2D eigenvalue weighted by atomic mass is 9.81. The molecule has 0 radical (unpaired) electrons. The average Bonchev–Trinajstić information content (AvgIpc) is 2.56. The highest BCUT2D eigenvalue weighted by molar-refractivity contribution is 5.26. The molecule has 0 aliphatic carbocycles. The van der Waals surface area contributed by atoms with Crippen LogP contribution in [0, 0.1) is 24.6 Å². The molecule has 0 spiro atoms. The summed E-state index contributed by atoms with van der Waals surface area (Å²) in [4.78, 5) is 0. The number of hydrogen-bond donors (Lipinski definition) is 1. The summed E-state index contributed by atoms with van der Waals surface area (Å²) in [6.45, 7) is 8.04. The predicted octanol–water partition coefficient (Wildman–Crippen LogP) is 3.19. The van der Waals surface area contributed by atoms with Gasteiger partial charge in [-0.3, -0.25) is 0 Å². The van der Waals surface area contributed by atoms with E-state index in [2.05, 4.69) is 20.8 Å². The Morgan fingerprint density at radius 1 is 1.22 bits per heavy atom. The van der Waals surface area contributed by atoms with E-state index in [1.165, 1.54) is 0 Å². The molecule has 1 heterocycles. The number of nitrogens with two attached hydrogens (primary N) is 1. The van der Waals surface area contributed by atoms with E-state index < -0.39 is 0 Å². The lowest BCUT2D eigenvalue weighted by Crippen LogP contribution is -2.30. The molecule has 2 nitrogen and oxygen atoms in total. The van der Waals surface area contributed by atoms with E-state index >= 15 is 0 Å². The van der Waals surface area contributed by atoms with Crippen molar-refractivity contribution in [2.45, 2.75) is 45.9 Å². The summed E-state index contributed by atoms with van der Waals surface area (Å²) in [6, 6.07) is 5.10. The first kappa shape index (κ1) is 13.5. The highest BCUT2D eigenvalue weighted by Gasteiger charge is 2.40. The van der Waals surface area contributed by atoms with Gasteiger partial charge in [-0.1, -0.05) is 19.1 Å². The lowest BCUT2D eigenvalue weighted by Gasteiger charge is -2.26. The van der Waals surface area contributed by atoms with E-state index in [-0.39, 0.29) is 30.0 Å². The maximum Gasteiger partial charge on any atom is 0.126 e. The van der Waals surface area contributed by atoms with Crippen molar-refractivity contribution in [3.63, 3.8) is 0 Å². The zero-order chi connectivity index (χ0) is 13.4. The van der Waals surface area contributed by atoms with E-state index in [1.54, 1.807) is 19.1 Å². The first-order chi connectivity index (χ1) is 8.41. The third kappa shape index (κ3) is 2.29. The van der Waals surface area contributed by atoms with Crippen molar-refractivity contribution >= 4 is 0 Å². The summed E-state index contributed by atoms with van der Waals surface area (Å²) < 4.78 is 19.4. The Kier molecular flexibility index (Phi) is 3.74. The van der Waals surface area contributed by atoms with E-state index in [9.17, 15) is 4.39 Å². The van der Waals surface area contributed by atoms with Gasteiger partial charge < -0.3 is 10.5 Å². The molecule has 0 aromatic heterocycles. The molecule has 1 aromatic carbocycles. The minimum absolute atomic E-state index is 0.120. The Hall–Kier alpha value is -0.930. The van der Waals surface area contributed by atoms with Gasteiger partial charge in [0.25, 0.3) is 0 Å². The molecule has 2 rings (SSSR count). The molecule has 5 atom stereocenters. The minimum Gasteiger partial charge on any atom is -0.375 e. The predicted molar refractivity (Wildman–Crippen MR) is 70.7 cm³/mol. The second-order valence-electron chi connectivity index (χ2n) is 5.52. The van der Waals surface area contributed by atoms with Crippen LogP contribution in [0.3, 0.4) is 0 Å². The van der Waals surface area contributed by atoms with Crippen LogP contribution in [0.5, 0.6) is 0 Å². The Morgan fingerprint density at radius 2 is 1.89 bits per heavy atom. The normalized spacial score (nSPS) is 33.7. The van der Waals surface area contributed by atoms with Crippen molar-refractivity contribution in [1.29, 1.82) is 0 Å². The van der Waals surface area contributed by atoms with Gasteiger partial charge in [-0.05, 0) is 43.9 Å². The quantitative estimate of drug-likeness (QED) is 0.876. The monoisotopic (exact) mass is 251 g/mol. The summed E-state index contributed by atoms with van der Waals surface area (Å²) >= 11 is 0. The molecule has 1 saturated heterocycles. The number of rotatable bonds is 2. The summed E-state index contributed by atoms with van der Waals surface area (Å²) in [5, 5.41) is 0. The standard InChI is InChI=1S/C15H22FNO/c1-8-5-6-12(7-13(8)16)15(17)14-9(2)10(3)18-11(14)4/h5-7,9-11,14-15H,17H2,1-4H3. The molecular weight excluding hydrogens is 229 g/mol. The van der Waals surface area contributed by atoms with Crippen molar-refractivity contribution in [2.24, 2.45) is 17.6 Å². The zero-order valence-electron chi connectivity index (χ0n) is 11.5. The molecule has 5 unspecified atom stereocenters. The van der Waals surface area contributed by atoms with Gasteiger partial charge in [0, 0.05) is 12.0 Å². The van der Waals surface area contributed by atoms with Crippen LogP contribution in [-0.4, -0.2) is 12.2 Å². The van der Waals surface area contributed by atoms with Crippen molar-refractivity contribution in [2.75, 3.05) is 0 Å². The Morgan fingerprint density at radius 3 is 2.39 bits per heavy atom. The van der Waals surface area contributed by atoms with Gasteiger partial charge in [0.1, 0.15) is 5.82 Å². The third-order valence-electron chi connectivity index (χ3n) is 4.31. The van der Waals surface area contributed by atoms with Gasteiger partial charge in [0.2, 0.25) is 0 Å². The van der Waals surface area contributed by atoms with Gasteiger partial charge in [0.05, 0.1) is 12.2 Å². The summed E-state index contributed by atoms with van der Waals surface area (Å²) in [6.07, 6.45) is 0.334. The number of halogens is 1. The first-order valence-electron chi connectivity index (χ1n) is 6.59. The van der Waals surface area contributed by atoms with Crippen LogP contribution >= 0.6 is 0 Å². The van der Waals surface area contributed by atoms with Gasteiger partial charge in [-0.15, -0.1) is 0 Å². The SMILES string of the molecule is Cc1ccc(C(N)C2C(C)OC(C)C2C)cc1F. The molecule has 1 aliphatic rings. The van der Waals surface area contributed by atoms with Crippen LogP contribution in [0.2, 0.25) is 0 Å². The lowest BCUT2D eigenvalue weighted by molar-refractivity contribution is 0.0489. The number of ether oxygens (including phenoxy) is 1. The molecule has 0 amide bonds. The van der Waals surface area contributed by atoms with Crippen molar-refractivity contribution in [1.82, 2.24) is 0 Å². The molecule has 18 heavy (non-hydrogen) atoms. The van der Waals surface area contributed by atoms with E-state index in [4.69, 9.17) is 10.5 Å². The molecule has 0 saturated carbocycles. The van der Waals surface area contributed by atoms with Crippen LogP contribution in [-0.2, 0) is 4.74 Å². The fourth-order valence-electron chi connectivity index (χ4n) is 2.95. The highest BCUT2D eigenvalue weighted by atomic mass is 19.1. The third-order valence-corrected chi connectivity index (χ3v) is 4.31. The Bertz CT molecular complexity index is 435. The molecule has 3 heteroatoms. The smallest absolute Gasteiger partial charge is 0.126 e. The fourth-order valence-corrected chi connectivity index (χ4v) is 2.95. The molecule has 1 fully saturated rings. The van der Waals surface area contributed by atoms with E-state index in [0.717, 1.165) is 5.56 Å². The second kappa shape index (κ2) is 4.98. The fraction of sp³-hybridized carbons (Fsp3) is 0.600. The molecule has 100 valence electrons. The van der Waals surface area contributed by atoms with Crippen LogP contribution in [0.4, 0.5) is 4.39 Å². The molecule has 2 N–H and O–H groups in total.